The van der Waals surface area contributed by atoms with E-state index in [0.29, 0.717) is 37.9 Å². The molecule has 2 amide bonds. The van der Waals surface area contributed by atoms with Crippen LogP contribution in [-0.2, 0) is 16.6 Å². The molecule has 3 aliphatic heterocycles. The van der Waals surface area contributed by atoms with Gasteiger partial charge in [-0.05, 0) is 31.9 Å². The van der Waals surface area contributed by atoms with Crippen molar-refractivity contribution in [2.45, 2.75) is 25.9 Å². The van der Waals surface area contributed by atoms with Gasteiger partial charge in [0.25, 0.3) is 5.91 Å². The van der Waals surface area contributed by atoms with Gasteiger partial charge in [-0.25, -0.2) is 5.43 Å². The van der Waals surface area contributed by atoms with Gasteiger partial charge in [0.1, 0.15) is 11.9 Å². The summed E-state index contributed by atoms with van der Waals surface area (Å²) in [4.78, 5) is 29.8. The summed E-state index contributed by atoms with van der Waals surface area (Å²) in [6, 6.07) is 1.83. The Morgan fingerprint density at radius 3 is 2.90 bits per heavy atom. The third-order valence-electron chi connectivity index (χ3n) is 5.71. The Hall–Kier alpha value is -2.82. The maximum atomic E-state index is 12.9. The molecule has 1 saturated heterocycles. The lowest BCUT2D eigenvalue weighted by Gasteiger charge is -2.30. The fourth-order valence-electron chi connectivity index (χ4n) is 4.06. The molecule has 0 bridgehead atoms. The first-order chi connectivity index (χ1) is 15.1. The molecule has 1 fully saturated rings. The van der Waals surface area contributed by atoms with Crippen LogP contribution in [0, 0.1) is 0 Å². The van der Waals surface area contributed by atoms with Crippen LogP contribution < -0.4 is 20.5 Å². The predicted molar refractivity (Wildman–Crippen MR) is 115 cm³/mol. The number of fused-ring (bicyclic) bond motifs is 1. The average molecular weight is 431 g/mol. The second kappa shape index (κ2) is 9.54. The monoisotopic (exact) mass is 430 g/mol. The Morgan fingerprint density at radius 1 is 1.35 bits per heavy atom. The average Bonchev–Trinajstić information content (AvgIpc) is 3.52. The van der Waals surface area contributed by atoms with Gasteiger partial charge in [-0.3, -0.25) is 19.9 Å². The molecule has 0 spiro atoms. The molecule has 31 heavy (non-hydrogen) atoms. The van der Waals surface area contributed by atoms with Crippen LogP contribution >= 0.6 is 0 Å². The highest BCUT2D eigenvalue weighted by Crippen LogP contribution is 2.40. The molecule has 10 heteroatoms. The van der Waals surface area contributed by atoms with Crippen molar-refractivity contribution in [2.24, 2.45) is 7.05 Å². The topological polar surface area (TPSA) is 91.3 Å². The van der Waals surface area contributed by atoms with Gasteiger partial charge in [0.15, 0.2) is 18.3 Å². The second-order valence-electron chi connectivity index (χ2n) is 7.65. The normalized spacial score (nSPS) is 20.1. The second-order valence-corrected chi connectivity index (χ2v) is 7.65. The number of nitrogens with zero attached hydrogens (tertiary/aromatic N) is 4. The van der Waals surface area contributed by atoms with Crippen molar-refractivity contribution in [2.75, 3.05) is 44.5 Å². The summed E-state index contributed by atoms with van der Waals surface area (Å²) in [5, 5.41) is 0. The summed E-state index contributed by atoms with van der Waals surface area (Å²) in [6.07, 6.45) is 8.03. The number of hydrogen-bond donors (Lipinski definition) is 2. The molecule has 0 aromatic carbocycles. The van der Waals surface area contributed by atoms with Crippen LogP contribution in [0.4, 0.5) is 5.82 Å². The van der Waals surface area contributed by atoms with Crippen LogP contribution in [-0.4, -0.2) is 72.4 Å². The molecular weight excluding hydrogens is 400 g/mol. The first-order valence-corrected chi connectivity index (χ1v) is 10.7. The molecule has 4 rings (SSSR count). The van der Waals surface area contributed by atoms with E-state index in [2.05, 4.69) is 10.9 Å². The molecule has 10 nitrogen and oxygen atoms in total. The minimum atomic E-state index is -0.367. The van der Waals surface area contributed by atoms with Gasteiger partial charge in [0.2, 0.25) is 6.41 Å². The number of carbonyl (C=O) groups excluding carboxylic acids is 2. The predicted octanol–water partition coefficient (Wildman–Crippen LogP) is 0.744. The van der Waals surface area contributed by atoms with Crippen molar-refractivity contribution in [3.8, 4) is 5.75 Å². The van der Waals surface area contributed by atoms with E-state index in [9.17, 15) is 9.59 Å². The van der Waals surface area contributed by atoms with Gasteiger partial charge >= 0.3 is 0 Å². The fourth-order valence-corrected chi connectivity index (χ4v) is 4.06. The number of amides is 2. The Morgan fingerprint density at radius 2 is 2.16 bits per heavy atom. The highest BCUT2D eigenvalue weighted by atomic mass is 16.5. The minimum Gasteiger partial charge on any atom is -0.469 e. The fraction of sp³-hybridized carbons (Fsp3) is 0.524. The first kappa shape index (κ1) is 21.4. The number of allylic oxidation sites excluding steroid dienone is 1. The van der Waals surface area contributed by atoms with Crippen molar-refractivity contribution in [3.05, 3.63) is 35.8 Å². The number of rotatable bonds is 9. The smallest absolute Gasteiger partial charge is 0.270 e. The highest BCUT2D eigenvalue weighted by Gasteiger charge is 2.33. The maximum absolute atomic E-state index is 12.9. The van der Waals surface area contributed by atoms with Crippen LogP contribution in [0.15, 0.2) is 30.1 Å². The number of hydrazine groups is 1. The van der Waals surface area contributed by atoms with E-state index in [1.807, 2.05) is 46.6 Å². The molecule has 0 aliphatic carbocycles. The maximum Gasteiger partial charge on any atom is 0.270 e. The summed E-state index contributed by atoms with van der Waals surface area (Å²) in [6.45, 7) is 5.75. The Kier molecular flexibility index (Phi) is 6.59. The number of likely N-dealkylation sites (tertiary alicyclic amines) is 1. The van der Waals surface area contributed by atoms with E-state index in [-0.39, 0.29) is 12.1 Å². The van der Waals surface area contributed by atoms with Gasteiger partial charge in [0, 0.05) is 51.3 Å². The molecule has 1 atom stereocenters. The van der Waals surface area contributed by atoms with Gasteiger partial charge in [-0.15, -0.1) is 0 Å². The molecule has 168 valence electrons. The number of anilines is 1. The zero-order valence-corrected chi connectivity index (χ0v) is 18.0. The van der Waals surface area contributed by atoms with Gasteiger partial charge in [0.05, 0.1) is 6.61 Å². The third-order valence-corrected chi connectivity index (χ3v) is 5.71. The molecular formula is C21H30N6O4. The molecule has 0 saturated carbocycles. The number of nitrogens with one attached hydrogen (secondary N) is 2. The summed E-state index contributed by atoms with van der Waals surface area (Å²) >= 11 is 0. The Balaban J connectivity index is 1.50. The van der Waals surface area contributed by atoms with Gasteiger partial charge in [-0.2, -0.15) is 0 Å². The summed E-state index contributed by atoms with van der Waals surface area (Å²) in [5.41, 5.74) is 7.72. The lowest BCUT2D eigenvalue weighted by Crippen LogP contribution is -2.50. The number of carbonyl (C=O) groups is 2. The standard InChI is InChI=1S/C21H30N6O4/c1-3-30-11-7-22-23-19-12-16(6-10-26(19)14-28)27-15-31-18-13-17(24(2)20(18)27)21(29)25-8-4-5-9-25/h6,10,12-14,19,22-23H,3-5,7-9,11,15H2,1-2H3. The number of hydrogen-bond acceptors (Lipinski definition) is 7. The van der Waals surface area contributed by atoms with E-state index in [1.165, 1.54) is 4.90 Å². The zero-order valence-electron chi connectivity index (χ0n) is 18.0. The molecule has 1 aromatic rings. The minimum absolute atomic E-state index is 0.0382. The molecule has 0 radical (unpaired) electrons. The lowest BCUT2D eigenvalue weighted by atomic mass is 10.2. The largest absolute Gasteiger partial charge is 0.469 e. The van der Waals surface area contributed by atoms with E-state index in [1.54, 1.807) is 6.20 Å². The van der Waals surface area contributed by atoms with Crippen LogP contribution in [0.5, 0.6) is 5.75 Å². The zero-order chi connectivity index (χ0) is 21.8. The van der Waals surface area contributed by atoms with Crippen molar-refractivity contribution < 1.29 is 19.1 Å². The Bertz CT molecular complexity index is 873. The third kappa shape index (κ3) is 4.32. The van der Waals surface area contributed by atoms with E-state index < -0.39 is 0 Å². The van der Waals surface area contributed by atoms with Crippen LogP contribution in [0.3, 0.4) is 0 Å². The molecule has 1 unspecified atom stereocenters. The molecule has 3 aliphatic rings. The van der Waals surface area contributed by atoms with E-state index >= 15 is 0 Å². The van der Waals surface area contributed by atoms with Gasteiger partial charge < -0.3 is 23.8 Å². The molecule has 1 aromatic heterocycles. The van der Waals surface area contributed by atoms with E-state index in [0.717, 1.165) is 43.9 Å². The molecule has 2 N–H and O–H groups in total. The molecule has 4 heterocycles. The first-order valence-electron chi connectivity index (χ1n) is 10.7. The number of ether oxygens (including phenoxy) is 2. The van der Waals surface area contributed by atoms with Crippen molar-refractivity contribution >= 4 is 18.1 Å². The lowest BCUT2D eigenvalue weighted by molar-refractivity contribution is -0.117. The van der Waals surface area contributed by atoms with Crippen molar-refractivity contribution in [3.63, 3.8) is 0 Å². The van der Waals surface area contributed by atoms with Crippen LogP contribution in [0.1, 0.15) is 30.3 Å². The summed E-state index contributed by atoms with van der Waals surface area (Å²) in [7, 11) is 1.89. The number of aromatic nitrogens is 1. The Labute approximate surface area is 182 Å². The van der Waals surface area contributed by atoms with Gasteiger partial charge in [-0.1, -0.05) is 0 Å². The van der Waals surface area contributed by atoms with Crippen LogP contribution in [0.2, 0.25) is 0 Å². The summed E-state index contributed by atoms with van der Waals surface area (Å²) in [5.74, 6) is 1.56. The van der Waals surface area contributed by atoms with Crippen molar-refractivity contribution in [1.82, 2.24) is 25.2 Å². The van der Waals surface area contributed by atoms with E-state index in [4.69, 9.17) is 9.47 Å². The SMILES string of the molecule is CCOCCNNC1C=C(N2COc3cc(C(=O)N4CCCC4)n(C)c32)C=CN1C=O. The highest BCUT2D eigenvalue weighted by molar-refractivity contribution is 5.95. The van der Waals surface area contributed by atoms with Crippen molar-refractivity contribution in [1.29, 1.82) is 0 Å². The van der Waals surface area contributed by atoms with Crippen LogP contribution in [0.25, 0.3) is 0 Å². The quantitative estimate of drug-likeness (QED) is 0.339. The summed E-state index contributed by atoms with van der Waals surface area (Å²) < 4.78 is 13.1.